The number of carbonyl (C=O) groups excluding carboxylic acids is 1. The Hall–Kier alpha value is -2.94. The fraction of sp³-hybridized carbons (Fsp3) is 0.0500. The molecule has 4 rings (SSSR count). The van der Waals surface area contributed by atoms with Crippen molar-refractivity contribution >= 4 is 56.3 Å². The predicted octanol–water partition coefficient (Wildman–Crippen LogP) is 4.30. The minimum atomic E-state index is -0.699. The van der Waals surface area contributed by atoms with E-state index < -0.39 is 29.5 Å². The summed E-state index contributed by atoms with van der Waals surface area (Å²) in [5.41, 5.74) is -0.604. The zero-order valence-corrected chi connectivity index (χ0v) is 17.4. The summed E-state index contributed by atoms with van der Waals surface area (Å²) in [5.74, 6) is -1.33. The first kappa shape index (κ1) is 20.3. The number of rotatable bonds is 4. The molecule has 4 aromatic rings. The second kappa shape index (κ2) is 8.06. The smallest absolute Gasteiger partial charge is 0.322 e. The van der Waals surface area contributed by atoms with Gasteiger partial charge in [0.15, 0.2) is 0 Å². The van der Waals surface area contributed by atoms with E-state index in [2.05, 4.69) is 5.32 Å². The summed E-state index contributed by atoms with van der Waals surface area (Å²) in [6, 6.07) is 11.6. The molecule has 2 aromatic carbocycles. The maximum atomic E-state index is 14.0. The van der Waals surface area contributed by atoms with Crippen molar-refractivity contribution in [3.63, 3.8) is 0 Å². The van der Waals surface area contributed by atoms with E-state index in [-0.39, 0.29) is 10.7 Å². The van der Waals surface area contributed by atoms with Crippen molar-refractivity contribution in [3.05, 3.63) is 90.6 Å². The molecule has 0 atom stereocenters. The van der Waals surface area contributed by atoms with Gasteiger partial charge in [0.2, 0.25) is 5.91 Å². The third kappa shape index (κ3) is 3.77. The summed E-state index contributed by atoms with van der Waals surface area (Å²) < 4.78 is 16.4. The van der Waals surface area contributed by atoms with Crippen molar-refractivity contribution in [2.45, 2.75) is 6.54 Å². The third-order valence-corrected chi connectivity index (χ3v) is 5.73. The highest BCUT2D eigenvalue weighted by Gasteiger charge is 2.18. The van der Waals surface area contributed by atoms with Crippen LogP contribution in [-0.4, -0.2) is 15.0 Å². The fourth-order valence-electron chi connectivity index (χ4n) is 2.98. The Labute approximate surface area is 182 Å². The molecular weight excluding hydrogens is 452 g/mol. The van der Waals surface area contributed by atoms with Gasteiger partial charge < -0.3 is 5.32 Å². The van der Waals surface area contributed by atoms with Gasteiger partial charge in [0, 0.05) is 10.0 Å². The monoisotopic (exact) mass is 463 g/mol. The first-order chi connectivity index (χ1) is 14.3. The molecule has 0 spiro atoms. The molecule has 0 fully saturated rings. The number of hydrogen-bond donors (Lipinski definition) is 1. The normalized spacial score (nSPS) is 11.0. The Bertz CT molecular complexity index is 1390. The van der Waals surface area contributed by atoms with Gasteiger partial charge in [-0.1, -0.05) is 23.2 Å². The lowest BCUT2D eigenvalue weighted by Gasteiger charge is -2.13. The Morgan fingerprint density at radius 1 is 1.03 bits per heavy atom. The van der Waals surface area contributed by atoms with Crippen LogP contribution >= 0.6 is 34.5 Å². The van der Waals surface area contributed by atoms with Crippen molar-refractivity contribution in [2.24, 2.45) is 0 Å². The van der Waals surface area contributed by atoms with Crippen LogP contribution in [0.3, 0.4) is 0 Å². The lowest BCUT2D eigenvalue weighted by atomic mass is 10.3. The first-order valence-corrected chi connectivity index (χ1v) is 10.2. The molecule has 30 heavy (non-hydrogen) atoms. The SMILES string of the molecule is O=C(Cn1c(=O)n(-c2ccc(Cl)cc2)c(=O)c2sccc21)Nc1ccc(Cl)cc1F. The van der Waals surface area contributed by atoms with E-state index in [1.54, 1.807) is 23.6 Å². The van der Waals surface area contributed by atoms with Crippen LogP contribution in [0.2, 0.25) is 10.0 Å². The quantitative estimate of drug-likeness (QED) is 0.490. The van der Waals surface area contributed by atoms with Crippen LogP contribution in [-0.2, 0) is 11.3 Å². The van der Waals surface area contributed by atoms with Gasteiger partial charge in [-0.2, -0.15) is 0 Å². The number of aromatic nitrogens is 2. The maximum Gasteiger partial charge on any atom is 0.336 e. The summed E-state index contributed by atoms with van der Waals surface area (Å²) in [4.78, 5) is 38.5. The van der Waals surface area contributed by atoms with E-state index in [4.69, 9.17) is 23.2 Å². The van der Waals surface area contributed by atoms with Crippen LogP contribution in [0.5, 0.6) is 0 Å². The number of amides is 1. The third-order valence-electron chi connectivity index (χ3n) is 4.35. The average molecular weight is 464 g/mol. The zero-order chi connectivity index (χ0) is 21.4. The van der Waals surface area contributed by atoms with Crippen LogP contribution in [0.15, 0.2) is 63.5 Å². The topological polar surface area (TPSA) is 73.1 Å². The molecule has 0 aliphatic heterocycles. The predicted molar refractivity (Wildman–Crippen MR) is 117 cm³/mol. The number of nitrogens with zero attached hydrogens (tertiary/aromatic N) is 2. The molecule has 0 unspecified atom stereocenters. The number of anilines is 1. The second-order valence-corrected chi connectivity index (χ2v) is 8.08. The van der Waals surface area contributed by atoms with E-state index >= 15 is 0 Å². The van der Waals surface area contributed by atoms with Gasteiger partial charge in [-0.3, -0.25) is 14.2 Å². The van der Waals surface area contributed by atoms with E-state index in [1.807, 2.05) is 0 Å². The van der Waals surface area contributed by atoms with Crippen molar-refractivity contribution in [1.82, 2.24) is 9.13 Å². The number of benzene rings is 2. The van der Waals surface area contributed by atoms with E-state index in [1.165, 1.54) is 28.8 Å². The highest BCUT2D eigenvalue weighted by atomic mass is 35.5. The van der Waals surface area contributed by atoms with Crippen molar-refractivity contribution in [2.75, 3.05) is 5.32 Å². The molecule has 0 saturated heterocycles. The molecule has 1 amide bonds. The van der Waals surface area contributed by atoms with E-state index in [0.717, 1.165) is 22.0 Å². The van der Waals surface area contributed by atoms with E-state index in [0.29, 0.717) is 20.9 Å². The summed E-state index contributed by atoms with van der Waals surface area (Å²) in [7, 11) is 0. The molecule has 6 nitrogen and oxygen atoms in total. The minimum absolute atomic E-state index is 0.0648. The fourth-order valence-corrected chi connectivity index (χ4v) is 4.09. The van der Waals surface area contributed by atoms with Gasteiger partial charge >= 0.3 is 5.69 Å². The second-order valence-electron chi connectivity index (χ2n) is 6.29. The van der Waals surface area contributed by atoms with Gasteiger partial charge in [0.25, 0.3) is 5.56 Å². The van der Waals surface area contributed by atoms with Crippen LogP contribution < -0.4 is 16.6 Å². The summed E-state index contributed by atoms with van der Waals surface area (Å²) in [6.45, 7) is -0.415. The molecule has 2 heterocycles. The molecule has 1 N–H and O–H groups in total. The molecule has 152 valence electrons. The van der Waals surface area contributed by atoms with E-state index in [9.17, 15) is 18.8 Å². The number of carbonyl (C=O) groups is 1. The minimum Gasteiger partial charge on any atom is -0.322 e. The Balaban J connectivity index is 1.78. The van der Waals surface area contributed by atoms with Gasteiger partial charge in [-0.25, -0.2) is 13.8 Å². The van der Waals surface area contributed by atoms with Crippen LogP contribution in [0.4, 0.5) is 10.1 Å². The highest BCUT2D eigenvalue weighted by molar-refractivity contribution is 7.17. The lowest BCUT2D eigenvalue weighted by Crippen LogP contribution is -2.40. The lowest BCUT2D eigenvalue weighted by molar-refractivity contribution is -0.116. The number of fused-ring (bicyclic) bond motifs is 1. The van der Waals surface area contributed by atoms with Gasteiger partial charge in [0.05, 0.1) is 16.9 Å². The number of halogens is 3. The molecule has 0 aliphatic rings. The number of nitrogens with one attached hydrogen (secondary N) is 1. The summed E-state index contributed by atoms with van der Waals surface area (Å²) in [6.07, 6.45) is 0. The highest BCUT2D eigenvalue weighted by Crippen LogP contribution is 2.20. The Kier molecular flexibility index (Phi) is 5.46. The standard InChI is InChI=1S/C20H12Cl2FN3O3S/c21-11-1-4-13(5-2-11)26-19(28)18-16(7-8-30-18)25(20(26)29)10-17(27)24-15-6-3-12(22)9-14(15)23/h1-9H,10H2,(H,24,27). The number of hydrogen-bond acceptors (Lipinski definition) is 4. The van der Waals surface area contributed by atoms with Crippen LogP contribution in [0, 0.1) is 5.82 Å². The van der Waals surface area contributed by atoms with Crippen LogP contribution in [0.25, 0.3) is 15.9 Å². The van der Waals surface area contributed by atoms with Crippen molar-refractivity contribution in [3.8, 4) is 5.69 Å². The van der Waals surface area contributed by atoms with Gasteiger partial charge in [-0.15, -0.1) is 11.3 Å². The molecule has 10 heteroatoms. The molecule has 0 aliphatic carbocycles. The Morgan fingerprint density at radius 2 is 1.73 bits per heavy atom. The largest absolute Gasteiger partial charge is 0.336 e. The molecule has 0 bridgehead atoms. The zero-order valence-electron chi connectivity index (χ0n) is 15.1. The molecular formula is C20H12Cl2FN3O3S. The Morgan fingerprint density at radius 3 is 2.43 bits per heavy atom. The van der Waals surface area contributed by atoms with Gasteiger partial charge in [0.1, 0.15) is 17.1 Å². The van der Waals surface area contributed by atoms with Crippen molar-refractivity contribution < 1.29 is 9.18 Å². The molecule has 2 aromatic heterocycles. The average Bonchev–Trinajstić information content (AvgIpc) is 3.19. The maximum absolute atomic E-state index is 14.0. The molecule has 0 saturated carbocycles. The number of thiophene rings is 1. The summed E-state index contributed by atoms with van der Waals surface area (Å²) >= 11 is 12.8. The van der Waals surface area contributed by atoms with Crippen LogP contribution in [0.1, 0.15) is 0 Å². The van der Waals surface area contributed by atoms with Gasteiger partial charge in [-0.05, 0) is 53.9 Å². The molecule has 0 radical (unpaired) electrons. The first-order valence-electron chi connectivity index (χ1n) is 8.59. The van der Waals surface area contributed by atoms with Crippen molar-refractivity contribution in [1.29, 1.82) is 0 Å². The summed E-state index contributed by atoms with van der Waals surface area (Å²) in [5, 5.41) is 4.72.